The van der Waals surface area contributed by atoms with Crippen molar-refractivity contribution in [3.8, 4) is 0 Å². The lowest BCUT2D eigenvalue weighted by molar-refractivity contribution is 0.289. The molecule has 0 bridgehead atoms. The van der Waals surface area contributed by atoms with Crippen molar-refractivity contribution in [1.82, 2.24) is 4.90 Å². The van der Waals surface area contributed by atoms with Crippen molar-refractivity contribution in [3.63, 3.8) is 0 Å². The van der Waals surface area contributed by atoms with E-state index in [9.17, 15) is 0 Å². The monoisotopic (exact) mass is 340 g/mol. The van der Waals surface area contributed by atoms with E-state index in [4.69, 9.17) is 0 Å². The van der Waals surface area contributed by atoms with Crippen molar-refractivity contribution in [3.05, 3.63) is 53.3 Å². The normalized spacial score (nSPS) is 14.6. The molecule has 1 aromatic rings. The molecule has 1 heterocycles. The number of unbranched alkanes of at least 4 members (excludes halogenated alkanes) is 2. The number of nitrogens with one attached hydrogen (secondary N) is 1. The zero-order chi connectivity index (χ0) is 18.1. The number of aryl methyl sites for hydroxylation is 2. The molecule has 1 aromatic carbocycles. The molecular weight excluding hydrogens is 304 g/mol. The standard InChI is InChI=1S/C23H36N2/c1-5-15-25(18-19(3)6-2)16-9-7-8-10-21-12-14-22-13-11-20(4)24-23(22)17-21/h6,12,14,17,24H,4-5,7-11,13,15-16,18H2,1-3H3/b19-6+. The van der Waals surface area contributed by atoms with Crippen molar-refractivity contribution >= 4 is 5.69 Å². The molecule has 0 radical (unpaired) electrons. The summed E-state index contributed by atoms with van der Waals surface area (Å²) in [5, 5.41) is 3.45. The highest BCUT2D eigenvalue weighted by atomic mass is 15.1. The summed E-state index contributed by atoms with van der Waals surface area (Å²) in [5.74, 6) is 0. The van der Waals surface area contributed by atoms with Crippen LogP contribution in [-0.4, -0.2) is 24.5 Å². The van der Waals surface area contributed by atoms with E-state index in [1.807, 2.05) is 0 Å². The van der Waals surface area contributed by atoms with Gasteiger partial charge in [-0.25, -0.2) is 0 Å². The summed E-state index contributed by atoms with van der Waals surface area (Å²) in [7, 11) is 0. The molecule has 0 fully saturated rings. The molecule has 0 aromatic heterocycles. The zero-order valence-electron chi connectivity index (χ0n) is 16.5. The fourth-order valence-electron chi connectivity index (χ4n) is 3.52. The van der Waals surface area contributed by atoms with Gasteiger partial charge in [-0.05, 0) is 82.7 Å². The largest absolute Gasteiger partial charge is 0.359 e. The van der Waals surface area contributed by atoms with Gasteiger partial charge in [0.2, 0.25) is 0 Å². The number of anilines is 1. The zero-order valence-corrected chi connectivity index (χ0v) is 16.5. The lowest BCUT2D eigenvalue weighted by Crippen LogP contribution is -2.27. The molecule has 0 saturated heterocycles. The van der Waals surface area contributed by atoms with Crippen LogP contribution < -0.4 is 5.32 Å². The Morgan fingerprint density at radius 3 is 2.80 bits per heavy atom. The van der Waals surface area contributed by atoms with Crippen LogP contribution in [-0.2, 0) is 12.8 Å². The predicted molar refractivity (Wildman–Crippen MR) is 111 cm³/mol. The second kappa shape index (κ2) is 10.5. The maximum absolute atomic E-state index is 4.07. The minimum absolute atomic E-state index is 1.06. The maximum atomic E-state index is 4.07. The van der Waals surface area contributed by atoms with Crippen LogP contribution >= 0.6 is 0 Å². The first-order valence-corrected chi connectivity index (χ1v) is 10.0. The van der Waals surface area contributed by atoms with E-state index in [2.05, 4.69) is 61.8 Å². The molecule has 2 nitrogen and oxygen atoms in total. The quantitative estimate of drug-likeness (QED) is 0.418. The van der Waals surface area contributed by atoms with Gasteiger partial charge in [-0.15, -0.1) is 0 Å². The number of benzene rings is 1. The molecule has 25 heavy (non-hydrogen) atoms. The second-order valence-corrected chi connectivity index (χ2v) is 7.44. The van der Waals surface area contributed by atoms with Gasteiger partial charge in [0.15, 0.2) is 0 Å². The van der Waals surface area contributed by atoms with Gasteiger partial charge in [0.1, 0.15) is 0 Å². The topological polar surface area (TPSA) is 15.3 Å². The highest BCUT2D eigenvalue weighted by molar-refractivity contribution is 5.58. The molecule has 2 heteroatoms. The summed E-state index contributed by atoms with van der Waals surface area (Å²) in [6.45, 7) is 14.3. The summed E-state index contributed by atoms with van der Waals surface area (Å²) in [5.41, 5.74) is 6.81. The van der Waals surface area contributed by atoms with E-state index in [-0.39, 0.29) is 0 Å². The van der Waals surface area contributed by atoms with E-state index in [1.54, 1.807) is 0 Å². The Balaban J connectivity index is 1.72. The van der Waals surface area contributed by atoms with Crippen LogP contribution in [0.2, 0.25) is 0 Å². The molecule has 1 aliphatic rings. The number of fused-ring (bicyclic) bond motifs is 1. The van der Waals surface area contributed by atoms with Gasteiger partial charge < -0.3 is 5.32 Å². The highest BCUT2D eigenvalue weighted by Gasteiger charge is 2.11. The first-order valence-electron chi connectivity index (χ1n) is 10.0. The number of nitrogens with zero attached hydrogens (tertiary/aromatic N) is 1. The van der Waals surface area contributed by atoms with E-state index >= 15 is 0 Å². The van der Waals surface area contributed by atoms with Gasteiger partial charge in [-0.3, -0.25) is 4.90 Å². The van der Waals surface area contributed by atoms with Crippen molar-refractivity contribution in [2.24, 2.45) is 0 Å². The van der Waals surface area contributed by atoms with Crippen molar-refractivity contribution < 1.29 is 0 Å². The van der Waals surface area contributed by atoms with Gasteiger partial charge in [0, 0.05) is 17.9 Å². The molecule has 0 aliphatic carbocycles. The average Bonchev–Trinajstić information content (AvgIpc) is 2.61. The average molecular weight is 341 g/mol. The summed E-state index contributed by atoms with van der Waals surface area (Å²) in [6.07, 6.45) is 10.7. The molecule has 0 atom stereocenters. The van der Waals surface area contributed by atoms with Gasteiger partial charge in [-0.1, -0.05) is 43.7 Å². The van der Waals surface area contributed by atoms with Gasteiger partial charge in [0.25, 0.3) is 0 Å². The Hall–Kier alpha value is -1.54. The first-order chi connectivity index (χ1) is 12.1. The third-order valence-electron chi connectivity index (χ3n) is 5.13. The van der Waals surface area contributed by atoms with Crippen LogP contribution in [0.5, 0.6) is 0 Å². The minimum Gasteiger partial charge on any atom is -0.359 e. The van der Waals surface area contributed by atoms with Crippen LogP contribution in [0.15, 0.2) is 42.1 Å². The highest BCUT2D eigenvalue weighted by Crippen LogP contribution is 2.27. The van der Waals surface area contributed by atoms with Crippen molar-refractivity contribution in [2.45, 2.75) is 65.7 Å². The maximum Gasteiger partial charge on any atom is 0.0417 e. The van der Waals surface area contributed by atoms with Gasteiger partial charge >= 0.3 is 0 Å². The van der Waals surface area contributed by atoms with Crippen LogP contribution in [0.1, 0.15) is 64.0 Å². The van der Waals surface area contributed by atoms with Crippen LogP contribution in [0.25, 0.3) is 0 Å². The van der Waals surface area contributed by atoms with E-state index in [1.165, 1.54) is 67.6 Å². The summed E-state index contributed by atoms with van der Waals surface area (Å²) >= 11 is 0. The fourth-order valence-corrected chi connectivity index (χ4v) is 3.52. The molecule has 1 aliphatic heterocycles. The third kappa shape index (κ3) is 6.70. The molecular formula is C23H36N2. The van der Waals surface area contributed by atoms with Crippen molar-refractivity contribution in [1.29, 1.82) is 0 Å². The predicted octanol–water partition coefficient (Wildman–Crippen LogP) is 5.95. The SMILES string of the molecule is C=C1CCc2ccc(CCCCCN(CCC)C/C(C)=C/C)cc2N1. The minimum atomic E-state index is 1.06. The number of rotatable bonds is 10. The lowest BCUT2D eigenvalue weighted by atomic mass is 9.98. The molecule has 0 amide bonds. The van der Waals surface area contributed by atoms with Crippen LogP contribution in [0, 0.1) is 0 Å². The smallest absolute Gasteiger partial charge is 0.0417 e. The Morgan fingerprint density at radius 2 is 2.04 bits per heavy atom. The third-order valence-corrected chi connectivity index (χ3v) is 5.13. The fraction of sp³-hybridized carbons (Fsp3) is 0.565. The number of allylic oxidation sites excluding steroid dienone is 2. The second-order valence-electron chi connectivity index (χ2n) is 7.44. The molecule has 0 unspecified atom stereocenters. The number of hydrogen-bond acceptors (Lipinski definition) is 2. The van der Waals surface area contributed by atoms with E-state index in [0.717, 1.165) is 25.1 Å². The molecule has 1 N–H and O–H groups in total. The molecule has 138 valence electrons. The Bertz CT molecular complexity index is 586. The summed E-state index contributed by atoms with van der Waals surface area (Å²) < 4.78 is 0. The van der Waals surface area contributed by atoms with E-state index in [0.29, 0.717) is 0 Å². The molecule has 0 saturated carbocycles. The lowest BCUT2D eigenvalue weighted by Gasteiger charge is -2.22. The molecule has 2 rings (SSSR count). The van der Waals surface area contributed by atoms with Crippen LogP contribution in [0.4, 0.5) is 5.69 Å². The summed E-state index contributed by atoms with van der Waals surface area (Å²) in [6, 6.07) is 6.94. The number of hydrogen-bond donors (Lipinski definition) is 1. The molecule has 0 spiro atoms. The Morgan fingerprint density at radius 1 is 1.20 bits per heavy atom. The van der Waals surface area contributed by atoms with Crippen LogP contribution in [0.3, 0.4) is 0 Å². The first kappa shape index (κ1) is 19.8. The van der Waals surface area contributed by atoms with Gasteiger partial charge in [0.05, 0.1) is 0 Å². The van der Waals surface area contributed by atoms with Gasteiger partial charge in [-0.2, -0.15) is 0 Å². The van der Waals surface area contributed by atoms with Crippen molar-refractivity contribution in [2.75, 3.05) is 25.0 Å². The Kier molecular flexibility index (Phi) is 8.27. The summed E-state index contributed by atoms with van der Waals surface area (Å²) in [4.78, 5) is 2.60. The Labute approximate surface area is 155 Å². The van der Waals surface area contributed by atoms with E-state index < -0.39 is 0 Å².